The molecule has 142 valence electrons. The number of aromatic nitrogens is 1. The van der Waals surface area contributed by atoms with E-state index in [-0.39, 0.29) is 0 Å². The van der Waals surface area contributed by atoms with E-state index in [4.69, 9.17) is 28.9 Å². The second kappa shape index (κ2) is 8.40. The van der Waals surface area contributed by atoms with E-state index in [2.05, 4.69) is 47.4 Å². The molecule has 4 rings (SSSR count). The van der Waals surface area contributed by atoms with Crippen molar-refractivity contribution in [3.8, 4) is 22.4 Å². The normalized spacial score (nSPS) is 11.2. The Morgan fingerprint density at radius 1 is 0.821 bits per heavy atom. The molecule has 0 radical (unpaired) electrons. The van der Waals surface area contributed by atoms with Crippen LogP contribution in [0.25, 0.3) is 33.3 Å². The van der Waals surface area contributed by atoms with Crippen molar-refractivity contribution in [1.29, 1.82) is 0 Å². The van der Waals surface area contributed by atoms with Crippen molar-refractivity contribution in [2.75, 3.05) is 6.54 Å². The molecule has 2 nitrogen and oxygen atoms in total. The van der Waals surface area contributed by atoms with Gasteiger partial charge in [0.25, 0.3) is 0 Å². The van der Waals surface area contributed by atoms with Crippen LogP contribution in [0.1, 0.15) is 18.4 Å². The summed E-state index contributed by atoms with van der Waals surface area (Å²) < 4.78 is 0. The van der Waals surface area contributed by atoms with Crippen LogP contribution in [0.15, 0.2) is 66.7 Å². The largest absolute Gasteiger partial charge is 0.354 e. The van der Waals surface area contributed by atoms with Gasteiger partial charge >= 0.3 is 0 Å². The van der Waals surface area contributed by atoms with E-state index >= 15 is 0 Å². The molecule has 0 aliphatic carbocycles. The monoisotopic (exact) mass is 408 g/mol. The molecule has 0 aliphatic rings. The molecule has 3 aromatic carbocycles. The van der Waals surface area contributed by atoms with Crippen molar-refractivity contribution in [2.24, 2.45) is 5.73 Å². The van der Waals surface area contributed by atoms with E-state index in [0.717, 1.165) is 36.0 Å². The Balaban J connectivity index is 1.89. The second-order valence-corrected chi connectivity index (χ2v) is 7.82. The Hall–Kier alpha value is -2.26. The minimum absolute atomic E-state index is 0.677. The fraction of sp³-hybridized carbons (Fsp3) is 0.167. The molecule has 0 spiro atoms. The fourth-order valence-corrected chi connectivity index (χ4v) is 4.07. The van der Waals surface area contributed by atoms with Crippen molar-refractivity contribution in [3.05, 3.63) is 82.3 Å². The van der Waals surface area contributed by atoms with Crippen LogP contribution in [0, 0.1) is 0 Å². The summed E-state index contributed by atoms with van der Waals surface area (Å²) >= 11 is 12.8. The summed E-state index contributed by atoms with van der Waals surface area (Å²) in [6.45, 7) is 0.699. The Morgan fingerprint density at radius 3 is 2.43 bits per heavy atom. The molecule has 0 fully saturated rings. The Kier molecular flexibility index (Phi) is 5.72. The van der Waals surface area contributed by atoms with Crippen LogP contribution in [0.4, 0.5) is 0 Å². The van der Waals surface area contributed by atoms with Gasteiger partial charge in [-0.3, -0.25) is 0 Å². The first kappa shape index (κ1) is 19.1. The van der Waals surface area contributed by atoms with E-state index in [1.54, 1.807) is 0 Å². The van der Waals surface area contributed by atoms with Gasteiger partial charge in [0.05, 0.1) is 5.69 Å². The maximum Gasteiger partial charge on any atom is 0.0512 e. The van der Waals surface area contributed by atoms with Gasteiger partial charge in [-0.1, -0.05) is 59.6 Å². The summed E-state index contributed by atoms with van der Waals surface area (Å²) in [6, 6.07) is 22.6. The van der Waals surface area contributed by atoms with Gasteiger partial charge in [0.15, 0.2) is 0 Å². The van der Waals surface area contributed by atoms with Gasteiger partial charge in [-0.2, -0.15) is 0 Å². The molecule has 4 aromatic rings. The van der Waals surface area contributed by atoms with Crippen LogP contribution < -0.4 is 5.73 Å². The van der Waals surface area contributed by atoms with Gasteiger partial charge < -0.3 is 10.7 Å². The molecule has 3 N–H and O–H groups in total. The van der Waals surface area contributed by atoms with Crippen molar-refractivity contribution in [1.82, 2.24) is 4.98 Å². The first-order valence-electron chi connectivity index (χ1n) is 9.53. The number of nitrogens with two attached hydrogens (primary N) is 1. The van der Waals surface area contributed by atoms with Gasteiger partial charge in [0, 0.05) is 26.5 Å². The average Bonchev–Trinajstić information content (AvgIpc) is 3.08. The van der Waals surface area contributed by atoms with Crippen LogP contribution in [0.2, 0.25) is 10.0 Å². The van der Waals surface area contributed by atoms with Crippen molar-refractivity contribution >= 4 is 34.1 Å². The summed E-state index contributed by atoms with van der Waals surface area (Å²) in [5.41, 5.74) is 12.5. The topological polar surface area (TPSA) is 41.8 Å². The van der Waals surface area contributed by atoms with E-state index < -0.39 is 0 Å². The van der Waals surface area contributed by atoms with Gasteiger partial charge in [0.2, 0.25) is 0 Å². The SMILES string of the molecule is NCCCCc1c(-c2cc(Cl)ccc2Cl)[nH]c2ccc(-c3ccccc3)cc12. The maximum atomic E-state index is 6.52. The molecule has 0 amide bonds. The Bertz CT molecular complexity index is 1100. The number of hydrogen-bond donors (Lipinski definition) is 2. The van der Waals surface area contributed by atoms with Crippen molar-refractivity contribution < 1.29 is 0 Å². The number of halogens is 2. The van der Waals surface area contributed by atoms with E-state index in [9.17, 15) is 0 Å². The van der Waals surface area contributed by atoms with Gasteiger partial charge in [-0.25, -0.2) is 0 Å². The molecule has 0 bridgehead atoms. The summed E-state index contributed by atoms with van der Waals surface area (Å²) in [5, 5.41) is 2.60. The Morgan fingerprint density at radius 2 is 1.64 bits per heavy atom. The van der Waals surface area contributed by atoms with Crippen molar-refractivity contribution in [2.45, 2.75) is 19.3 Å². The third kappa shape index (κ3) is 3.81. The van der Waals surface area contributed by atoms with Crippen LogP contribution >= 0.6 is 23.2 Å². The smallest absolute Gasteiger partial charge is 0.0512 e. The predicted octanol–water partition coefficient (Wildman–Crippen LogP) is 7.09. The summed E-state index contributed by atoms with van der Waals surface area (Å²) in [6.07, 6.45) is 2.96. The molecule has 4 heteroatoms. The third-order valence-corrected chi connectivity index (χ3v) is 5.66. The zero-order valence-corrected chi connectivity index (χ0v) is 17.0. The summed E-state index contributed by atoms with van der Waals surface area (Å²) in [7, 11) is 0. The highest BCUT2D eigenvalue weighted by atomic mass is 35.5. The summed E-state index contributed by atoms with van der Waals surface area (Å²) in [4.78, 5) is 3.58. The minimum atomic E-state index is 0.677. The number of hydrogen-bond acceptors (Lipinski definition) is 1. The highest BCUT2D eigenvalue weighted by molar-refractivity contribution is 6.35. The number of benzene rings is 3. The van der Waals surface area contributed by atoms with Gasteiger partial charge in [-0.15, -0.1) is 0 Å². The van der Waals surface area contributed by atoms with Crippen LogP contribution in [0.3, 0.4) is 0 Å². The van der Waals surface area contributed by atoms with E-state index in [1.165, 1.54) is 22.1 Å². The zero-order chi connectivity index (χ0) is 19.5. The summed E-state index contributed by atoms with van der Waals surface area (Å²) in [5.74, 6) is 0. The average molecular weight is 409 g/mol. The molecule has 28 heavy (non-hydrogen) atoms. The molecule has 0 saturated heterocycles. The molecule has 0 aliphatic heterocycles. The van der Waals surface area contributed by atoms with Gasteiger partial charge in [0.1, 0.15) is 0 Å². The lowest BCUT2D eigenvalue weighted by Gasteiger charge is -2.08. The number of aryl methyl sites for hydroxylation is 1. The minimum Gasteiger partial charge on any atom is -0.354 e. The van der Waals surface area contributed by atoms with Crippen molar-refractivity contribution in [3.63, 3.8) is 0 Å². The number of H-pyrrole nitrogens is 1. The quantitative estimate of drug-likeness (QED) is 0.328. The highest BCUT2D eigenvalue weighted by Gasteiger charge is 2.16. The number of aromatic amines is 1. The van der Waals surface area contributed by atoms with Gasteiger partial charge in [-0.05, 0) is 72.8 Å². The van der Waals surface area contributed by atoms with E-state index in [1.807, 2.05) is 24.3 Å². The number of nitrogens with one attached hydrogen (secondary N) is 1. The first-order valence-corrected chi connectivity index (χ1v) is 10.3. The number of rotatable bonds is 6. The van der Waals surface area contributed by atoms with Crippen LogP contribution in [-0.2, 0) is 6.42 Å². The second-order valence-electron chi connectivity index (χ2n) is 6.97. The lowest BCUT2D eigenvalue weighted by Crippen LogP contribution is -1.99. The number of fused-ring (bicyclic) bond motifs is 1. The Labute approximate surface area is 175 Å². The highest BCUT2D eigenvalue weighted by Crippen LogP contribution is 2.38. The molecule has 0 unspecified atom stereocenters. The van der Waals surface area contributed by atoms with Crippen LogP contribution in [0.5, 0.6) is 0 Å². The standard InChI is InChI=1S/C24H22Cl2N2/c25-18-10-11-22(26)21(15-18)24-19(8-4-5-13-27)20-14-17(9-12-23(20)28-24)16-6-2-1-3-7-16/h1-3,6-7,9-12,14-15,28H,4-5,8,13,27H2. The molecular formula is C24H22Cl2N2. The lowest BCUT2D eigenvalue weighted by molar-refractivity contribution is 0.748. The molecule has 0 atom stereocenters. The van der Waals surface area contributed by atoms with Crippen LogP contribution in [-0.4, -0.2) is 11.5 Å². The zero-order valence-electron chi connectivity index (χ0n) is 15.5. The third-order valence-electron chi connectivity index (χ3n) is 5.09. The van der Waals surface area contributed by atoms with E-state index in [0.29, 0.717) is 16.6 Å². The predicted molar refractivity (Wildman–Crippen MR) is 121 cm³/mol. The molecule has 1 heterocycles. The lowest BCUT2D eigenvalue weighted by atomic mass is 9.97. The molecule has 0 saturated carbocycles. The number of unbranched alkanes of at least 4 members (excludes halogenated alkanes) is 1. The molecular weight excluding hydrogens is 387 g/mol. The fourth-order valence-electron chi connectivity index (χ4n) is 3.68. The molecule has 1 aromatic heterocycles. The maximum absolute atomic E-state index is 6.52. The first-order chi connectivity index (χ1) is 13.7.